The molecule has 1 fully saturated rings. The maximum atomic E-state index is 12.9. The summed E-state index contributed by atoms with van der Waals surface area (Å²) in [7, 11) is 0. The minimum atomic E-state index is -1.19. The molecule has 4 rings (SSSR count). The fourth-order valence-corrected chi connectivity index (χ4v) is 5.36. The van der Waals surface area contributed by atoms with Crippen molar-refractivity contribution < 1.29 is 28.9 Å². The molecule has 0 bridgehead atoms. The lowest BCUT2D eigenvalue weighted by atomic mass is 10.0. The van der Waals surface area contributed by atoms with Crippen molar-refractivity contribution in [1.29, 1.82) is 0 Å². The van der Waals surface area contributed by atoms with Crippen LogP contribution in [-0.4, -0.2) is 72.2 Å². The van der Waals surface area contributed by atoms with Gasteiger partial charge in [0.15, 0.2) is 30.0 Å². The molecule has 2 aliphatic heterocycles. The summed E-state index contributed by atoms with van der Waals surface area (Å²) in [5, 5.41) is 15.8. The van der Waals surface area contributed by atoms with Crippen molar-refractivity contribution in [2.75, 3.05) is 23.7 Å². The first-order chi connectivity index (χ1) is 16.4. The van der Waals surface area contributed by atoms with Gasteiger partial charge < -0.3 is 21.0 Å². The Morgan fingerprint density at radius 3 is 2.82 bits per heavy atom. The van der Waals surface area contributed by atoms with Gasteiger partial charge in [0.05, 0.1) is 0 Å². The number of pyridine rings is 1. The number of fused-ring (bicyclic) bond motifs is 1. The molecule has 12 nitrogen and oxygen atoms in total. The number of carbonyl (C=O) groups is 3. The Balaban J connectivity index is 1.52. The second kappa shape index (κ2) is 10.4. The van der Waals surface area contributed by atoms with E-state index in [1.807, 2.05) is 35.2 Å². The van der Waals surface area contributed by atoms with E-state index in [9.17, 15) is 19.5 Å². The van der Waals surface area contributed by atoms with E-state index in [2.05, 4.69) is 19.8 Å². The third-order valence-electron chi connectivity index (χ3n) is 4.88. The summed E-state index contributed by atoms with van der Waals surface area (Å²) in [6.45, 7) is 0.337. The highest BCUT2D eigenvalue weighted by atomic mass is 32.2. The molecule has 15 heteroatoms. The molecule has 0 aliphatic carbocycles. The number of carboxylic acid groups (broad SMARTS) is 1. The van der Waals surface area contributed by atoms with Crippen LogP contribution in [0.1, 0.15) is 5.82 Å². The maximum absolute atomic E-state index is 12.9. The van der Waals surface area contributed by atoms with Crippen LogP contribution in [0.3, 0.4) is 0 Å². The van der Waals surface area contributed by atoms with Gasteiger partial charge in [-0.15, -0.1) is 23.5 Å². The van der Waals surface area contributed by atoms with Crippen LogP contribution < -0.4 is 15.6 Å². The number of carboxylic acids is 1. The number of nitrogens with zero attached hydrogens (tertiary/aromatic N) is 5. The zero-order valence-corrected chi connectivity index (χ0v) is 20.2. The van der Waals surface area contributed by atoms with Crippen LogP contribution >= 0.6 is 35.1 Å². The number of nitrogens with one attached hydrogen (secondary N) is 1. The monoisotopic (exact) mass is 522 g/mol. The summed E-state index contributed by atoms with van der Waals surface area (Å²) in [6.07, 6.45) is 5.45. The number of hydrogen-bond donors (Lipinski definition) is 3. The minimum Gasteiger partial charge on any atom is -0.477 e. The Bertz CT molecular complexity index is 1170. The predicted molar refractivity (Wildman–Crippen MR) is 127 cm³/mol. The van der Waals surface area contributed by atoms with Crippen molar-refractivity contribution in [3.8, 4) is 0 Å². The standard InChI is InChI=1S/C19H19N7O5S3/c1-32-9-31-23-11(14-22-19(20)34-24-14)15(27)21-12-16(28)26-13(18(29)30)10(8-33-17(12)26)7-25-5-3-2-4-6-25/h2-6,12,17H,7-9H2,1H3,(H3-,20,21,22,24,27,29,30)/p+1/t12?,17-/m0/s1. The second-order valence-corrected chi connectivity index (χ2v) is 9.80. The number of anilines is 1. The Morgan fingerprint density at radius 2 is 2.18 bits per heavy atom. The highest BCUT2D eigenvalue weighted by molar-refractivity contribution is 8.00. The van der Waals surface area contributed by atoms with E-state index in [4.69, 9.17) is 10.6 Å². The molecular weight excluding hydrogens is 502 g/mol. The van der Waals surface area contributed by atoms with Gasteiger partial charge in [0, 0.05) is 35.0 Å². The first-order valence-electron chi connectivity index (χ1n) is 9.84. The van der Waals surface area contributed by atoms with E-state index >= 15 is 0 Å². The molecule has 2 aromatic heterocycles. The van der Waals surface area contributed by atoms with Crippen LogP contribution in [0, 0.1) is 0 Å². The highest BCUT2D eigenvalue weighted by Gasteiger charge is 2.54. The first-order valence-corrected chi connectivity index (χ1v) is 13.1. The Morgan fingerprint density at radius 1 is 1.41 bits per heavy atom. The zero-order chi connectivity index (χ0) is 24.2. The van der Waals surface area contributed by atoms with Gasteiger partial charge in [0.25, 0.3) is 11.8 Å². The van der Waals surface area contributed by atoms with Crippen LogP contribution in [0.25, 0.3) is 0 Å². The molecule has 0 radical (unpaired) electrons. The summed E-state index contributed by atoms with van der Waals surface area (Å²) in [5.41, 5.74) is 5.95. The molecule has 2 aromatic rings. The number of hydrogen-bond acceptors (Lipinski definition) is 11. The van der Waals surface area contributed by atoms with Crippen LogP contribution in [0.4, 0.5) is 5.13 Å². The third-order valence-corrected chi connectivity index (χ3v) is 7.11. The van der Waals surface area contributed by atoms with Gasteiger partial charge in [0.1, 0.15) is 17.1 Å². The van der Waals surface area contributed by atoms with Crippen molar-refractivity contribution in [1.82, 2.24) is 19.6 Å². The smallest absolute Gasteiger partial charge is 0.352 e. The number of aromatic nitrogens is 3. The predicted octanol–water partition coefficient (Wildman–Crippen LogP) is -0.112. The number of thioether (sulfide) groups is 2. The average molecular weight is 523 g/mol. The normalized spacial score (nSPS) is 20.0. The molecule has 4 N–H and O–H groups in total. The highest BCUT2D eigenvalue weighted by Crippen LogP contribution is 2.40. The van der Waals surface area contributed by atoms with E-state index in [1.165, 1.54) is 28.4 Å². The summed E-state index contributed by atoms with van der Waals surface area (Å²) in [6, 6.07) is 4.61. The number of aliphatic carboxylic acids is 1. The van der Waals surface area contributed by atoms with Crippen molar-refractivity contribution in [2.24, 2.45) is 5.16 Å². The van der Waals surface area contributed by atoms with Crippen molar-refractivity contribution >= 4 is 63.7 Å². The van der Waals surface area contributed by atoms with Crippen LogP contribution in [0.2, 0.25) is 0 Å². The van der Waals surface area contributed by atoms with Crippen molar-refractivity contribution in [2.45, 2.75) is 18.0 Å². The van der Waals surface area contributed by atoms with Crippen molar-refractivity contribution in [3.63, 3.8) is 0 Å². The van der Waals surface area contributed by atoms with Gasteiger partial charge in [-0.1, -0.05) is 11.2 Å². The number of nitrogens with two attached hydrogens (primary N) is 1. The van der Waals surface area contributed by atoms with E-state index in [1.54, 1.807) is 6.26 Å². The summed E-state index contributed by atoms with van der Waals surface area (Å²) in [5.74, 6) is -1.86. The Hall–Kier alpha value is -3.17. The van der Waals surface area contributed by atoms with Gasteiger partial charge >= 0.3 is 5.97 Å². The molecule has 1 unspecified atom stereocenters. The molecule has 2 atom stereocenters. The lowest BCUT2D eigenvalue weighted by Gasteiger charge is -2.49. The maximum Gasteiger partial charge on any atom is 0.352 e. The average Bonchev–Trinajstić information content (AvgIpc) is 3.26. The number of rotatable bonds is 9. The summed E-state index contributed by atoms with van der Waals surface area (Å²) < 4.78 is 5.83. The minimum absolute atomic E-state index is 0.0191. The molecule has 2 amide bonds. The number of amides is 2. The molecule has 34 heavy (non-hydrogen) atoms. The summed E-state index contributed by atoms with van der Waals surface area (Å²) in [4.78, 5) is 48.2. The van der Waals surface area contributed by atoms with Gasteiger partial charge in [-0.05, 0) is 6.26 Å². The fourth-order valence-electron chi connectivity index (χ4n) is 3.43. The van der Waals surface area contributed by atoms with Crippen LogP contribution in [0.15, 0.2) is 47.0 Å². The topological polar surface area (TPSA) is 164 Å². The lowest BCUT2D eigenvalue weighted by molar-refractivity contribution is -0.689. The molecule has 0 aromatic carbocycles. The number of nitrogen functional groups attached to an aromatic ring is 1. The quantitative estimate of drug-likeness (QED) is 0.101. The Kier molecular flexibility index (Phi) is 7.33. The van der Waals surface area contributed by atoms with Crippen molar-refractivity contribution in [3.05, 3.63) is 47.7 Å². The Labute approximate surface area is 206 Å². The van der Waals surface area contributed by atoms with Gasteiger partial charge in [-0.25, -0.2) is 9.36 Å². The summed E-state index contributed by atoms with van der Waals surface area (Å²) >= 11 is 3.63. The number of oxime groups is 1. The van der Waals surface area contributed by atoms with Crippen LogP contribution in [-0.2, 0) is 25.8 Å². The van der Waals surface area contributed by atoms with E-state index < -0.39 is 29.2 Å². The lowest BCUT2D eigenvalue weighted by Crippen LogP contribution is -2.71. The van der Waals surface area contributed by atoms with Gasteiger partial charge in [-0.2, -0.15) is 9.36 Å². The second-order valence-electron chi connectivity index (χ2n) is 7.10. The van der Waals surface area contributed by atoms with Gasteiger partial charge in [0.2, 0.25) is 11.5 Å². The molecule has 1 saturated heterocycles. The number of carbonyl (C=O) groups excluding carboxylic acids is 2. The molecule has 0 saturated carbocycles. The molecule has 0 spiro atoms. The fraction of sp³-hybridized carbons (Fsp3) is 0.316. The largest absolute Gasteiger partial charge is 0.477 e. The number of β-lactam (4-membered cyclic amide) rings is 1. The molecule has 4 heterocycles. The zero-order valence-electron chi connectivity index (χ0n) is 17.8. The first kappa shape index (κ1) is 24.0. The molecule has 178 valence electrons. The van der Waals surface area contributed by atoms with E-state index in [0.717, 1.165) is 11.5 Å². The van der Waals surface area contributed by atoms with E-state index in [0.29, 0.717) is 17.9 Å². The molecular formula is C19H20N7O5S3+. The third kappa shape index (κ3) is 4.85. The van der Waals surface area contributed by atoms with Gasteiger partial charge in [-0.3, -0.25) is 14.5 Å². The van der Waals surface area contributed by atoms with E-state index in [-0.39, 0.29) is 28.3 Å². The van der Waals surface area contributed by atoms with Crippen LogP contribution in [0.5, 0.6) is 0 Å². The molecule has 2 aliphatic rings. The SMILES string of the molecule is CSCON=C(C(=O)NC1C(=O)N2C(C(=O)O)=C(C[n+]3ccccc3)CS[C@@H]12)c1nsc(N)n1.